The molecule has 2 aliphatic rings. The molecule has 206 valence electrons. The van der Waals surface area contributed by atoms with E-state index in [1.165, 1.54) is 12.1 Å². The quantitative estimate of drug-likeness (QED) is 0.421. The predicted octanol–water partition coefficient (Wildman–Crippen LogP) is 5.44. The van der Waals surface area contributed by atoms with Gasteiger partial charge in [0.15, 0.2) is 0 Å². The highest BCUT2D eigenvalue weighted by molar-refractivity contribution is 6.30. The van der Waals surface area contributed by atoms with Gasteiger partial charge in [-0.1, -0.05) is 60.1 Å². The van der Waals surface area contributed by atoms with Gasteiger partial charge in [-0.15, -0.1) is 0 Å². The Morgan fingerprint density at radius 1 is 0.897 bits per heavy atom. The molecule has 1 amide bonds. The summed E-state index contributed by atoms with van der Waals surface area (Å²) in [6, 6.07) is 23.2. The molecule has 3 aromatic rings. The monoisotopic (exact) mass is 556 g/mol. The van der Waals surface area contributed by atoms with E-state index in [2.05, 4.69) is 22.3 Å². The van der Waals surface area contributed by atoms with Gasteiger partial charge in [-0.25, -0.2) is 0 Å². The van der Waals surface area contributed by atoms with Crippen molar-refractivity contribution in [2.24, 2.45) is 0 Å². The van der Waals surface area contributed by atoms with E-state index in [9.17, 15) is 18.0 Å². The molecule has 0 aromatic heterocycles. The van der Waals surface area contributed by atoms with Crippen LogP contribution in [0, 0.1) is 0 Å². The number of nitrogens with zero attached hydrogens (tertiary/aromatic N) is 3. The molecule has 0 radical (unpaired) electrons. The molecule has 2 aliphatic heterocycles. The largest absolute Gasteiger partial charge is 0.416 e. The van der Waals surface area contributed by atoms with Crippen LogP contribution in [-0.4, -0.2) is 60.5 Å². The zero-order valence-electron chi connectivity index (χ0n) is 21.6. The summed E-state index contributed by atoms with van der Waals surface area (Å²) in [7, 11) is 0. The van der Waals surface area contributed by atoms with E-state index in [-0.39, 0.29) is 18.0 Å². The third kappa shape index (κ3) is 6.93. The Kier molecular flexibility index (Phi) is 8.45. The lowest BCUT2D eigenvalue weighted by atomic mass is 10.1. The Morgan fingerprint density at radius 2 is 1.62 bits per heavy atom. The molecular formula is C30H32ClF3N4O. The molecule has 39 heavy (non-hydrogen) atoms. The van der Waals surface area contributed by atoms with Gasteiger partial charge in [-0.05, 0) is 47.9 Å². The zero-order valence-corrected chi connectivity index (χ0v) is 22.3. The normalized spacial score (nSPS) is 20.4. The van der Waals surface area contributed by atoms with Gasteiger partial charge < -0.3 is 15.1 Å². The molecule has 3 aromatic carbocycles. The molecule has 0 aliphatic carbocycles. The number of likely N-dealkylation sites (tertiary alicyclic amines) is 1. The van der Waals surface area contributed by atoms with Crippen molar-refractivity contribution in [3.8, 4) is 0 Å². The van der Waals surface area contributed by atoms with Crippen LogP contribution in [0.4, 0.5) is 18.9 Å². The third-order valence-corrected chi connectivity index (χ3v) is 7.77. The second kappa shape index (κ2) is 12.0. The summed E-state index contributed by atoms with van der Waals surface area (Å²) in [5.41, 5.74) is 2.13. The first-order chi connectivity index (χ1) is 18.8. The average Bonchev–Trinajstić information content (AvgIpc) is 3.34. The van der Waals surface area contributed by atoms with Crippen LogP contribution in [0.3, 0.4) is 0 Å². The van der Waals surface area contributed by atoms with E-state index in [1.54, 1.807) is 6.07 Å². The molecule has 5 rings (SSSR count). The highest BCUT2D eigenvalue weighted by atomic mass is 35.5. The lowest BCUT2D eigenvalue weighted by Crippen LogP contribution is -2.53. The Labute approximate surface area is 232 Å². The minimum Gasteiger partial charge on any atom is -0.368 e. The Balaban J connectivity index is 1.24. The number of piperazine rings is 1. The number of benzene rings is 3. The van der Waals surface area contributed by atoms with Crippen molar-refractivity contribution in [2.45, 2.75) is 37.8 Å². The van der Waals surface area contributed by atoms with Crippen LogP contribution in [0.1, 0.15) is 23.1 Å². The summed E-state index contributed by atoms with van der Waals surface area (Å²) >= 11 is 6.14. The van der Waals surface area contributed by atoms with Gasteiger partial charge in [0, 0.05) is 62.6 Å². The van der Waals surface area contributed by atoms with Gasteiger partial charge in [0.25, 0.3) is 0 Å². The van der Waals surface area contributed by atoms with E-state index in [0.29, 0.717) is 56.4 Å². The Hall–Kier alpha value is -3.07. The van der Waals surface area contributed by atoms with Crippen LogP contribution in [0.2, 0.25) is 5.02 Å². The lowest BCUT2D eigenvalue weighted by Gasteiger charge is -2.38. The fourth-order valence-electron chi connectivity index (χ4n) is 5.48. The molecule has 1 N–H and O–H groups in total. The second-order valence-electron chi connectivity index (χ2n) is 10.2. The van der Waals surface area contributed by atoms with Crippen molar-refractivity contribution in [2.75, 3.05) is 37.6 Å². The topological polar surface area (TPSA) is 38.8 Å². The molecule has 9 heteroatoms. The SMILES string of the molecule is O=C([C@@H]1C[C@H](NCc2cccc(Cl)c2)CN1Cc1ccccc1)N1CCN(c2cccc(C(F)(F)F)c2)CC1. The number of carbonyl (C=O) groups excluding carboxylic acids is 1. The number of halogens is 4. The highest BCUT2D eigenvalue weighted by Crippen LogP contribution is 2.32. The molecule has 0 saturated carbocycles. The number of rotatable bonds is 7. The van der Waals surface area contributed by atoms with Gasteiger partial charge >= 0.3 is 6.18 Å². The molecule has 2 saturated heterocycles. The standard InChI is InChI=1S/C30H32ClF3N4O/c31-25-10-4-8-23(16-25)19-35-26-18-28(38(21-26)20-22-6-2-1-3-7-22)29(39)37-14-12-36(13-15-37)27-11-5-9-24(17-27)30(32,33)34/h1-11,16-17,26,28,35H,12-15,18-21H2/t26-,28-/m0/s1. The van der Waals surface area contributed by atoms with E-state index < -0.39 is 11.7 Å². The van der Waals surface area contributed by atoms with E-state index in [1.807, 2.05) is 52.3 Å². The van der Waals surface area contributed by atoms with Crippen molar-refractivity contribution in [1.82, 2.24) is 15.1 Å². The van der Waals surface area contributed by atoms with Gasteiger partial charge in [-0.3, -0.25) is 9.69 Å². The fourth-order valence-corrected chi connectivity index (χ4v) is 5.70. The van der Waals surface area contributed by atoms with Crippen LogP contribution in [0.15, 0.2) is 78.9 Å². The number of hydrogen-bond donors (Lipinski definition) is 1. The van der Waals surface area contributed by atoms with Gasteiger partial charge in [0.2, 0.25) is 5.91 Å². The Morgan fingerprint density at radius 3 is 2.33 bits per heavy atom. The maximum atomic E-state index is 13.8. The smallest absolute Gasteiger partial charge is 0.368 e. The molecule has 2 atom stereocenters. The lowest BCUT2D eigenvalue weighted by molar-refractivity contribution is -0.137. The first kappa shape index (κ1) is 27.5. The van der Waals surface area contributed by atoms with Crippen molar-refractivity contribution in [3.63, 3.8) is 0 Å². The summed E-state index contributed by atoms with van der Waals surface area (Å²) in [6.07, 6.45) is -3.68. The van der Waals surface area contributed by atoms with Crippen LogP contribution < -0.4 is 10.2 Å². The average molecular weight is 557 g/mol. The summed E-state index contributed by atoms with van der Waals surface area (Å²) < 4.78 is 39.5. The number of anilines is 1. The van der Waals surface area contributed by atoms with Crippen LogP contribution in [0.5, 0.6) is 0 Å². The second-order valence-corrected chi connectivity index (χ2v) is 10.7. The number of hydrogen-bond acceptors (Lipinski definition) is 4. The summed E-state index contributed by atoms with van der Waals surface area (Å²) in [5, 5.41) is 4.30. The van der Waals surface area contributed by atoms with Gasteiger partial charge in [-0.2, -0.15) is 13.2 Å². The molecule has 0 spiro atoms. The van der Waals surface area contributed by atoms with Crippen molar-refractivity contribution in [1.29, 1.82) is 0 Å². The van der Waals surface area contributed by atoms with Crippen LogP contribution >= 0.6 is 11.6 Å². The zero-order chi connectivity index (χ0) is 27.4. The highest BCUT2D eigenvalue weighted by Gasteiger charge is 2.39. The van der Waals surface area contributed by atoms with Crippen LogP contribution in [0.25, 0.3) is 0 Å². The van der Waals surface area contributed by atoms with Crippen molar-refractivity contribution >= 4 is 23.2 Å². The molecule has 0 bridgehead atoms. The number of amides is 1. The predicted molar refractivity (Wildman–Crippen MR) is 148 cm³/mol. The summed E-state index contributed by atoms with van der Waals surface area (Å²) in [6.45, 7) is 4.04. The maximum absolute atomic E-state index is 13.8. The van der Waals surface area contributed by atoms with Gasteiger partial charge in [0.1, 0.15) is 0 Å². The molecule has 5 nitrogen and oxygen atoms in total. The number of carbonyl (C=O) groups is 1. The van der Waals surface area contributed by atoms with Gasteiger partial charge in [0.05, 0.1) is 11.6 Å². The maximum Gasteiger partial charge on any atom is 0.416 e. The first-order valence-electron chi connectivity index (χ1n) is 13.2. The first-order valence-corrected chi connectivity index (χ1v) is 13.6. The molecular weight excluding hydrogens is 525 g/mol. The number of alkyl halides is 3. The summed E-state index contributed by atoms with van der Waals surface area (Å²) in [4.78, 5) is 19.8. The minimum absolute atomic E-state index is 0.0849. The van der Waals surface area contributed by atoms with E-state index >= 15 is 0 Å². The van der Waals surface area contributed by atoms with Crippen molar-refractivity contribution in [3.05, 3.63) is 101 Å². The Bertz CT molecular complexity index is 1260. The summed E-state index contributed by atoms with van der Waals surface area (Å²) in [5.74, 6) is 0.0849. The van der Waals surface area contributed by atoms with Crippen LogP contribution in [-0.2, 0) is 24.1 Å². The minimum atomic E-state index is -4.38. The molecule has 2 heterocycles. The molecule has 0 unspecified atom stereocenters. The number of nitrogens with one attached hydrogen (secondary N) is 1. The van der Waals surface area contributed by atoms with E-state index in [0.717, 1.165) is 23.7 Å². The van der Waals surface area contributed by atoms with E-state index in [4.69, 9.17) is 11.6 Å². The fraction of sp³-hybridized carbons (Fsp3) is 0.367. The third-order valence-electron chi connectivity index (χ3n) is 7.53. The van der Waals surface area contributed by atoms with Crippen molar-refractivity contribution < 1.29 is 18.0 Å². The molecule has 2 fully saturated rings.